The van der Waals surface area contributed by atoms with E-state index in [-0.39, 0.29) is 37.6 Å². The van der Waals surface area contributed by atoms with Crippen molar-refractivity contribution in [3.8, 4) is 0 Å². The molecule has 3 N–H and O–H groups in total. The molecule has 2 heterocycles. The first-order valence-corrected chi connectivity index (χ1v) is 13.5. The number of benzene rings is 2. The quantitative estimate of drug-likeness (QED) is 0.230. The van der Waals surface area contributed by atoms with Gasteiger partial charge in [0.2, 0.25) is 5.91 Å². The van der Waals surface area contributed by atoms with Crippen LogP contribution in [0.4, 0.5) is 0 Å². The number of thioether (sulfide) groups is 1. The number of aliphatic hydroxyl groups excluding tert-OH is 1. The van der Waals surface area contributed by atoms with Crippen LogP contribution in [0.3, 0.4) is 0 Å². The van der Waals surface area contributed by atoms with Crippen LogP contribution in [0.1, 0.15) is 60.3 Å². The van der Waals surface area contributed by atoms with Gasteiger partial charge in [0.1, 0.15) is 0 Å². The summed E-state index contributed by atoms with van der Waals surface area (Å²) >= 11 is 1.54. The number of carboxylic acids is 1. The molecule has 1 aliphatic rings. The lowest BCUT2D eigenvalue weighted by Gasteiger charge is -2.36. The predicted octanol–water partition coefficient (Wildman–Crippen LogP) is 4.18. The smallest absolute Gasteiger partial charge is 0.303 e. The summed E-state index contributed by atoms with van der Waals surface area (Å²) in [5.74, 6) is -0.410. The highest BCUT2D eigenvalue weighted by Crippen LogP contribution is 2.39. The SMILES string of the molecule is O=C(O)CCCC(=O)NCc1ccc([C@H]2O[C@@H](CSc3ncccn3)C[C@@H](c3ccc(CO)cc3)O2)cc1. The average molecular weight is 538 g/mol. The molecular weight excluding hydrogens is 506 g/mol. The fraction of sp³-hybridized carbons (Fsp3) is 0.357. The van der Waals surface area contributed by atoms with Crippen LogP contribution in [-0.4, -0.2) is 43.9 Å². The van der Waals surface area contributed by atoms with Crippen LogP contribution < -0.4 is 5.32 Å². The van der Waals surface area contributed by atoms with E-state index in [9.17, 15) is 14.7 Å². The van der Waals surface area contributed by atoms with Gasteiger partial charge in [-0.1, -0.05) is 60.3 Å². The Kier molecular flexibility index (Phi) is 10.2. The Balaban J connectivity index is 1.40. The number of amides is 1. The number of aliphatic hydroxyl groups is 1. The fourth-order valence-corrected chi connectivity index (χ4v) is 4.85. The molecule has 0 radical (unpaired) electrons. The zero-order chi connectivity index (χ0) is 26.7. The molecule has 0 saturated carbocycles. The van der Waals surface area contributed by atoms with Crippen molar-refractivity contribution < 1.29 is 29.3 Å². The number of ether oxygens (including phenoxy) is 2. The van der Waals surface area contributed by atoms with Gasteiger partial charge in [-0.25, -0.2) is 9.97 Å². The van der Waals surface area contributed by atoms with Crippen LogP contribution in [0, 0.1) is 0 Å². The van der Waals surface area contributed by atoms with E-state index in [1.165, 1.54) is 11.8 Å². The number of nitrogens with one attached hydrogen (secondary N) is 1. The maximum Gasteiger partial charge on any atom is 0.303 e. The largest absolute Gasteiger partial charge is 0.481 e. The molecule has 1 aromatic heterocycles. The van der Waals surface area contributed by atoms with Gasteiger partial charge in [0, 0.05) is 49.5 Å². The van der Waals surface area contributed by atoms with Gasteiger partial charge < -0.3 is 25.0 Å². The minimum absolute atomic E-state index is 0.0109. The van der Waals surface area contributed by atoms with Crippen molar-refractivity contribution in [2.45, 2.75) is 62.5 Å². The van der Waals surface area contributed by atoms with Gasteiger partial charge in [-0.15, -0.1) is 0 Å². The van der Waals surface area contributed by atoms with Crippen LogP contribution in [0.2, 0.25) is 0 Å². The van der Waals surface area contributed by atoms with Crippen LogP contribution in [0.15, 0.2) is 72.1 Å². The summed E-state index contributed by atoms with van der Waals surface area (Å²) in [5.41, 5.74) is 3.64. The minimum Gasteiger partial charge on any atom is -0.481 e. The maximum absolute atomic E-state index is 12.0. The van der Waals surface area contributed by atoms with E-state index in [0.29, 0.717) is 30.3 Å². The molecule has 200 valence electrons. The summed E-state index contributed by atoms with van der Waals surface area (Å²) in [7, 11) is 0. The lowest BCUT2D eigenvalue weighted by Crippen LogP contribution is -2.31. The van der Waals surface area contributed by atoms with Crippen molar-refractivity contribution in [1.29, 1.82) is 0 Å². The number of aliphatic carboxylic acids is 1. The number of hydrogen-bond donors (Lipinski definition) is 3. The van der Waals surface area contributed by atoms with Gasteiger partial charge in [-0.05, 0) is 29.2 Å². The standard InChI is InChI=1S/C28H31N3O6S/c32-17-20-7-9-21(10-8-20)24-15-23(18-38-28-29-13-2-14-30-28)36-27(37-24)22-11-5-19(6-12-22)16-31-25(33)3-1-4-26(34)35/h2,5-14,23-24,27,32H,1,3-4,15-18H2,(H,31,33)(H,34,35)/t23-,24+,27+/m1/s1. The van der Waals surface area contributed by atoms with Crippen LogP contribution in [-0.2, 0) is 32.2 Å². The number of aromatic nitrogens is 2. The van der Waals surface area contributed by atoms with Gasteiger partial charge in [-0.2, -0.15) is 0 Å². The molecule has 0 unspecified atom stereocenters. The summed E-state index contributed by atoms with van der Waals surface area (Å²) in [6.07, 6.45) is 3.72. The molecule has 10 heteroatoms. The van der Waals surface area contributed by atoms with Gasteiger partial charge in [0.25, 0.3) is 0 Å². The third-order valence-electron chi connectivity index (χ3n) is 6.09. The summed E-state index contributed by atoms with van der Waals surface area (Å²) in [6, 6.07) is 17.2. The minimum atomic E-state index is -0.904. The fourth-order valence-electron chi connectivity index (χ4n) is 4.03. The second-order valence-electron chi connectivity index (χ2n) is 8.96. The van der Waals surface area contributed by atoms with Crippen molar-refractivity contribution in [1.82, 2.24) is 15.3 Å². The Bertz CT molecular complexity index is 1180. The van der Waals surface area contributed by atoms with Gasteiger partial charge in [-0.3, -0.25) is 9.59 Å². The molecule has 1 amide bonds. The second-order valence-corrected chi connectivity index (χ2v) is 9.95. The highest BCUT2D eigenvalue weighted by Gasteiger charge is 2.32. The van der Waals surface area contributed by atoms with E-state index in [4.69, 9.17) is 14.6 Å². The summed E-state index contributed by atoms with van der Waals surface area (Å²) in [6.45, 7) is 0.345. The van der Waals surface area contributed by atoms with Crippen LogP contribution >= 0.6 is 11.8 Å². The summed E-state index contributed by atoms with van der Waals surface area (Å²) in [4.78, 5) is 31.1. The summed E-state index contributed by atoms with van der Waals surface area (Å²) in [5, 5.41) is 21.6. The zero-order valence-corrected chi connectivity index (χ0v) is 21.7. The first-order chi connectivity index (χ1) is 18.5. The number of rotatable bonds is 12. The Labute approximate surface area is 225 Å². The first kappa shape index (κ1) is 27.7. The van der Waals surface area contributed by atoms with E-state index < -0.39 is 12.3 Å². The maximum atomic E-state index is 12.0. The Morgan fingerprint density at radius 1 is 0.947 bits per heavy atom. The number of nitrogens with zero attached hydrogens (tertiary/aromatic N) is 2. The van der Waals surface area contributed by atoms with E-state index in [1.807, 2.05) is 48.5 Å². The molecule has 0 spiro atoms. The number of carbonyl (C=O) groups excluding carboxylic acids is 1. The lowest BCUT2D eigenvalue weighted by molar-refractivity contribution is -0.245. The third-order valence-corrected chi connectivity index (χ3v) is 7.10. The molecule has 1 aliphatic heterocycles. The molecule has 2 aromatic carbocycles. The topological polar surface area (TPSA) is 131 Å². The van der Waals surface area contributed by atoms with Gasteiger partial charge in [0.15, 0.2) is 11.4 Å². The van der Waals surface area contributed by atoms with Gasteiger partial charge >= 0.3 is 5.97 Å². The molecule has 1 saturated heterocycles. The molecule has 3 atom stereocenters. The Morgan fingerprint density at radius 3 is 2.32 bits per heavy atom. The molecular formula is C28H31N3O6S. The number of hydrogen-bond acceptors (Lipinski definition) is 8. The molecule has 4 rings (SSSR count). The van der Waals surface area contributed by atoms with E-state index in [2.05, 4.69) is 15.3 Å². The molecule has 38 heavy (non-hydrogen) atoms. The number of carbonyl (C=O) groups is 2. The normalized spacial score (nSPS) is 19.1. The van der Waals surface area contributed by atoms with Crippen LogP contribution in [0.5, 0.6) is 0 Å². The second kappa shape index (κ2) is 14.0. The zero-order valence-electron chi connectivity index (χ0n) is 20.9. The van der Waals surface area contributed by atoms with E-state index >= 15 is 0 Å². The lowest BCUT2D eigenvalue weighted by atomic mass is 10.0. The predicted molar refractivity (Wildman–Crippen MR) is 141 cm³/mol. The molecule has 0 aliphatic carbocycles. The Morgan fingerprint density at radius 2 is 1.63 bits per heavy atom. The first-order valence-electron chi connectivity index (χ1n) is 12.5. The molecule has 9 nitrogen and oxygen atoms in total. The van der Waals surface area contributed by atoms with E-state index in [0.717, 1.165) is 22.3 Å². The van der Waals surface area contributed by atoms with Crippen molar-refractivity contribution in [3.05, 3.63) is 89.2 Å². The Hall–Kier alpha value is -3.31. The van der Waals surface area contributed by atoms with E-state index in [1.54, 1.807) is 18.5 Å². The highest BCUT2D eigenvalue weighted by molar-refractivity contribution is 7.99. The average Bonchev–Trinajstić information content (AvgIpc) is 2.95. The molecule has 1 fully saturated rings. The highest BCUT2D eigenvalue weighted by atomic mass is 32.2. The van der Waals surface area contributed by atoms with Crippen LogP contribution in [0.25, 0.3) is 0 Å². The number of carboxylic acid groups (broad SMARTS) is 1. The van der Waals surface area contributed by atoms with Crippen molar-refractivity contribution in [2.24, 2.45) is 0 Å². The van der Waals surface area contributed by atoms with Crippen molar-refractivity contribution in [2.75, 3.05) is 5.75 Å². The van der Waals surface area contributed by atoms with Gasteiger partial charge in [0.05, 0.1) is 18.8 Å². The van der Waals surface area contributed by atoms with Crippen molar-refractivity contribution in [3.63, 3.8) is 0 Å². The molecule has 0 bridgehead atoms. The summed E-state index contributed by atoms with van der Waals surface area (Å²) < 4.78 is 12.7. The van der Waals surface area contributed by atoms with Crippen molar-refractivity contribution >= 4 is 23.6 Å². The third kappa shape index (κ3) is 8.35. The monoisotopic (exact) mass is 537 g/mol. The molecule has 3 aromatic rings.